The summed E-state index contributed by atoms with van der Waals surface area (Å²) < 4.78 is 19.6. The first-order valence-corrected chi connectivity index (χ1v) is 9.03. The summed E-state index contributed by atoms with van der Waals surface area (Å²) in [6, 6.07) is 8.43. The van der Waals surface area contributed by atoms with Crippen LogP contribution in [-0.2, 0) is 9.53 Å². The number of carbonyl (C=O) groups excluding carboxylic acids is 1. The van der Waals surface area contributed by atoms with E-state index in [9.17, 15) is 9.18 Å². The predicted octanol–water partition coefficient (Wildman–Crippen LogP) is 4.56. The summed E-state index contributed by atoms with van der Waals surface area (Å²) in [6.07, 6.45) is 0. The number of anilines is 1. The molecule has 1 N–H and O–H groups in total. The summed E-state index contributed by atoms with van der Waals surface area (Å²) in [5.74, 6) is -0.492. The van der Waals surface area contributed by atoms with E-state index in [1.807, 2.05) is 13.0 Å². The number of ether oxygens (including phenoxy) is 1. The number of aryl methyl sites for hydroxylation is 1. The Morgan fingerprint density at radius 2 is 2.00 bits per heavy atom. The second-order valence-electron chi connectivity index (χ2n) is 6.89. The van der Waals surface area contributed by atoms with Crippen LogP contribution in [0, 0.1) is 12.7 Å². The maximum Gasteiger partial charge on any atom is 0.325 e. The SMILES string of the molecule is Cc1cc2c(-c3ccccc3F)nc(NCC(=O)OC(C)(C)C)nc2s1. The van der Waals surface area contributed by atoms with Crippen molar-refractivity contribution < 1.29 is 13.9 Å². The highest BCUT2D eigenvalue weighted by molar-refractivity contribution is 7.18. The standard InChI is InChI=1S/C19H20FN3O2S/c1-11-9-13-16(12-7-5-6-8-14(12)20)22-18(23-17(13)26-11)21-10-15(24)25-19(2,3)4/h5-9H,10H2,1-4H3,(H,21,22,23). The monoisotopic (exact) mass is 373 g/mol. The lowest BCUT2D eigenvalue weighted by Gasteiger charge is -2.19. The van der Waals surface area contributed by atoms with Crippen molar-refractivity contribution in [3.05, 3.63) is 41.0 Å². The van der Waals surface area contributed by atoms with Crippen LogP contribution in [0.25, 0.3) is 21.5 Å². The lowest BCUT2D eigenvalue weighted by Crippen LogP contribution is -2.28. The number of nitrogens with zero attached hydrogens (tertiary/aromatic N) is 2. The Bertz CT molecular complexity index is 963. The van der Waals surface area contributed by atoms with E-state index in [1.54, 1.807) is 39.0 Å². The molecular weight excluding hydrogens is 353 g/mol. The molecule has 0 aliphatic rings. The van der Waals surface area contributed by atoms with Gasteiger partial charge in [-0.1, -0.05) is 12.1 Å². The van der Waals surface area contributed by atoms with Gasteiger partial charge in [0.1, 0.15) is 22.8 Å². The molecule has 0 saturated carbocycles. The van der Waals surface area contributed by atoms with Gasteiger partial charge in [0.15, 0.2) is 0 Å². The summed E-state index contributed by atoms with van der Waals surface area (Å²) in [5, 5.41) is 3.68. The second-order valence-corrected chi connectivity index (χ2v) is 8.13. The van der Waals surface area contributed by atoms with Gasteiger partial charge >= 0.3 is 5.97 Å². The van der Waals surface area contributed by atoms with E-state index in [0.29, 0.717) is 11.3 Å². The molecule has 136 valence electrons. The molecule has 26 heavy (non-hydrogen) atoms. The molecular formula is C19H20FN3O2S. The number of rotatable bonds is 4. The zero-order chi connectivity index (χ0) is 18.9. The minimum Gasteiger partial charge on any atom is -0.459 e. The fourth-order valence-corrected chi connectivity index (χ4v) is 3.39. The normalized spacial score (nSPS) is 11.6. The lowest BCUT2D eigenvalue weighted by molar-refractivity contribution is -0.152. The molecule has 0 spiro atoms. The third kappa shape index (κ3) is 4.16. The van der Waals surface area contributed by atoms with Crippen molar-refractivity contribution in [2.45, 2.75) is 33.3 Å². The number of halogens is 1. The van der Waals surface area contributed by atoms with Gasteiger partial charge in [0, 0.05) is 15.8 Å². The molecule has 0 saturated heterocycles. The molecule has 0 unspecified atom stereocenters. The molecule has 0 aliphatic carbocycles. The first-order chi connectivity index (χ1) is 12.2. The van der Waals surface area contributed by atoms with Crippen LogP contribution in [-0.4, -0.2) is 28.1 Å². The number of hydrogen-bond donors (Lipinski definition) is 1. The number of carbonyl (C=O) groups is 1. The van der Waals surface area contributed by atoms with Crippen LogP contribution in [0.2, 0.25) is 0 Å². The van der Waals surface area contributed by atoms with Crippen molar-refractivity contribution in [2.24, 2.45) is 0 Å². The van der Waals surface area contributed by atoms with Crippen molar-refractivity contribution >= 4 is 33.5 Å². The van der Waals surface area contributed by atoms with Crippen LogP contribution in [0.3, 0.4) is 0 Å². The van der Waals surface area contributed by atoms with Gasteiger partial charge < -0.3 is 10.1 Å². The number of fused-ring (bicyclic) bond motifs is 1. The maximum absolute atomic E-state index is 14.3. The molecule has 0 atom stereocenters. The van der Waals surface area contributed by atoms with Crippen LogP contribution in [0.15, 0.2) is 30.3 Å². The van der Waals surface area contributed by atoms with Gasteiger partial charge in [-0.05, 0) is 45.9 Å². The highest BCUT2D eigenvalue weighted by atomic mass is 32.1. The molecule has 0 radical (unpaired) electrons. The van der Waals surface area contributed by atoms with Crippen molar-refractivity contribution in [2.75, 3.05) is 11.9 Å². The third-order valence-electron chi connectivity index (χ3n) is 3.46. The molecule has 2 heterocycles. The van der Waals surface area contributed by atoms with E-state index in [1.165, 1.54) is 17.4 Å². The van der Waals surface area contributed by atoms with Gasteiger partial charge in [-0.25, -0.2) is 14.4 Å². The summed E-state index contributed by atoms with van der Waals surface area (Å²) in [5.41, 5.74) is 0.342. The van der Waals surface area contributed by atoms with Crippen LogP contribution >= 0.6 is 11.3 Å². The number of aromatic nitrogens is 2. The summed E-state index contributed by atoms with van der Waals surface area (Å²) in [7, 11) is 0. The molecule has 0 aliphatic heterocycles. The van der Waals surface area contributed by atoms with Gasteiger partial charge in [-0.3, -0.25) is 4.79 Å². The molecule has 3 rings (SSSR count). The topological polar surface area (TPSA) is 64.1 Å². The Hall–Kier alpha value is -2.54. The Morgan fingerprint density at radius 3 is 2.69 bits per heavy atom. The zero-order valence-electron chi connectivity index (χ0n) is 15.1. The van der Waals surface area contributed by atoms with Crippen molar-refractivity contribution in [3.63, 3.8) is 0 Å². The van der Waals surface area contributed by atoms with E-state index in [-0.39, 0.29) is 18.3 Å². The second kappa shape index (κ2) is 6.99. The van der Waals surface area contributed by atoms with E-state index < -0.39 is 11.6 Å². The fourth-order valence-electron chi connectivity index (χ4n) is 2.51. The number of esters is 1. The number of hydrogen-bond acceptors (Lipinski definition) is 6. The first-order valence-electron chi connectivity index (χ1n) is 8.22. The van der Waals surface area contributed by atoms with Crippen LogP contribution in [0.1, 0.15) is 25.6 Å². The molecule has 5 nitrogen and oxygen atoms in total. The van der Waals surface area contributed by atoms with Gasteiger partial charge in [-0.2, -0.15) is 0 Å². The summed E-state index contributed by atoms with van der Waals surface area (Å²) in [4.78, 5) is 22.6. The molecule has 3 aromatic rings. The molecule has 1 aromatic carbocycles. The maximum atomic E-state index is 14.3. The summed E-state index contributed by atoms with van der Waals surface area (Å²) in [6.45, 7) is 7.31. The van der Waals surface area contributed by atoms with Gasteiger partial charge in [0.2, 0.25) is 5.95 Å². The van der Waals surface area contributed by atoms with Crippen molar-refractivity contribution in [3.8, 4) is 11.3 Å². The number of benzene rings is 1. The minimum atomic E-state index is -0.563. The van der Waals surface area contributed by atoms with Crippen LogP contribution in [0.5, 0.6) is 0 Å². The largest absolute Gasteiger partial charge is 0.459 e. The fraction of sp³-hybridized carbons (Fsp3) is 0.316. The van der Waals surface area contributed by atoms with E-state index in [4.69, 9.17) is 4.74 Å². The van der Waals surface area contributed by atoms with E-state index >= 15 is 0 Å². The van der Waals surface area contributed by atoms with Crippen LogP contribution < -0.4 is 5.32 Å². The Kier molecular flexibility index (Phi) is 4.91. The first kappa shape index (κ1) is 18.3. The molecule has 0 fully saturated rings. The smallest absolute Gasteiger partial charge is 0.325 e. The Morgan fingerprint density at radius 1 is 1.27 bits per heavy atom. The minimum absolute atomic E-state index is 0.0656. The third-order valence-corrected chi connectivity index (χ3v) is 4.40. The van der Waals surface area contributed by atoms with Gasteiger partial charge in [0.25, 0.3) is 0 Å². The molecule has 0 bridgehead atoms. The van der Waals surface area contributed by atoms with Gasteiger partial charge in [-0.15, -0.1) is 11.3 Å². The Labute approximate surface area is 155 Å². The predicted molar refractivity (Wildman–Crippen MR) is 102 cm³/mol. The highest BCUT2D eigenvalue weighted by Crippen LogP contribution is 2.33. The lowest BCUT2D eigenvalue weighted by atomic mass is 10.1. The molecule has 0 amide bonds. The quantitative estimate of drug-likeness (QED) is 0.679. The van der Waals surface area contributed by atoms with E-state index in [0.717, 1.165) is 15.1 Å². The molecule has 7 heteroatoms. The van der Waals surface area contributed by atoms with Crippen molar-refractivity contribution in [1.29, 1.82) is 0 Å². The summed E-state index contributed by atoms with van der Waals surface area (Å²) >= 11 is 1.50. The average molecular weight is 373 g/mol. The van der Waals surface area contributed by atoms with Crippen LogP contribution in [0.4, 0.5) is 10.3 Å². The van der Waals surface area contributed by atoms with Gasteiger partial charge in [0.05, 0.1) is 5.69 Å². The number of nitrogens with one attached hydrogen (secondary N) is 1. The van der Waals surface area contributed by atoms with Crippen molar-refractivity contribution in [1.82, 2.24) is 9.97 Å². The average Bonchev–Trinajstić information content (AvgIpc) is 2.91. The zero-order valence-corrected chi connectivity index (χ0v) is 15.9. The highest BCUT2D eigenvalue weighted by Gasteiger charge is 2.18. The number of thiophene rings is 1. The molecule has 2 aromatic heterocycles. The van der Waals surface area contributed by atoms with E-state index in [2.05, 4.69) is 15.3 Å². The Balaban J connectivity index is 1.95.